The molecule has 1 aromatic carbocycles. The van der Waals surface area contributed by atoms with Gasteiger partial charge >= 0.3 is 0 Å². The van der Waals surface area contributed by atoms with E-state index in [1.807, 2.05) is 19.1 Å². The van der Waals surface area contributed by atoms with Crippen molar-refractivity contribution in [2.75, 3.05) is 26.3 Å². The molecule has 1 aliphatic rings. The third-order valence-electron chi connectivity index (χ3n) is 3.19. The molecule has 0 spiro atoms. The van der Waals surface area contributed by atoms with E-state index in [0.29, 0.717) is 18.4 Å². The minimum atomic E-state index is 0.255. The topological polar surface area (TPSA) is 41.5 Å². The van der Waals surface area contributed by atoms with Crippen LogP contribution in [0.5, 0.6) is 5.75 Å². The van der Waals surface area contributed by atoms with E-state index in [0.717, 1.165) is 18.8 Å². The van der Waals surface area contributed by atoms with Crippen LogP contribution in [0.1, 0.15) is 18.4 Å². The van der Waals surface area contributed by atoms with Crippen molar-refractivity contribution in [3.63, 3.8) is 0 Å². The number of benzene rings is 1. The Morgan fingerprint density at radius 1 is 1.31 bits per heavy atom. The Bertz CT molecular complexity index is 323. The van der Waals surface area contributed by atoms with Gasteiger partial charge in [0.1, 0.15) is 5.75 Å². The minimum absolute atomic E-state index is 0.255. The quantitative estimate of drug-likeness (QED) is 0.807. The highest BCUT2D eigenvalue weighted by atomic mass is 16.5. The molecule has 0 aliphatic carbocycles. The van der Waals surface area contributed by atoms with Gasteiger partial charge in [0.2, 0.25) is 0 Å². The van der Waals surface area contributed by atoms with E-state index in [1.54, 1.807) is 0 Å². The summed E-state index contributed by atoms with van der Waals surface area (Å²) in [6, 6.07) is 8.22. The summed E-state index contributed by atoms with van der Waals surface area (Å²) in [5.74, 6) is 1.69. The van der Waals surface area contributed by atoms with Crippen LogP contribution in [0.15, 0.2) is 24.3 Å². The van der Waals surface area contributed by atoms with Crippen LogP contribution in [0.2, 0.25) is 0 Å². The summed E-state index contributed by atoms with van der Waals surface area (Å²) in [5, 5.41) is 12.6. The summed E-state index contributed by atoms with van der Waals surface area (Å²) < 4.78 is 5.41. The molecule has 0 unspecified atom stereocenters. The van der Waals surface area contributed by atoms with Gasteiger partial charge in [-0.2, -0.15) is 0 Å². The van der Waals surface area contributed by atoms with Crippen molar-refractivity contribution in [1.82, 2.24) is 5.32 Å². The van der Waals surface area contributed by atoms with Crippen molar-refractivity contribution in [2.24, 2.45) is 5.92 Å². The summed E-state index contributed by atoms with van der Waals surface area (Å²) in [7, 11) is 0. The first-order valence-electron chi connectivity index (χ1n) is 5.89. The SMILES string of the molecule is CCOc1ccc([C@@H]2CNC[C@H]2CO)cc1. The largest absolute Gasteiger partial charge is 0.494 e. The smallest absolute Gasteiger partial charge is 0.119 e. The molecule has 0 aromatic heterocycles. The molecule has 2 rings (SSSR count). The molecular weight excluding hydrogens is 202 g/mol. The van der Waals surface area contributed by atoms with E-state index in [4.69, 9.17) is 4.74 Å². The second-order valence-corrected chi connectivity index (χ2v) is 4.21. The summed E-state index contributed by atoms with van der Waals surface area (Å²) in [6.07, 6.45) is 0. The van der Waals surface area contributed by atoms with E-state index >= 15 is 0 Å². The molecule has 1 heterocycles. The fourth-order valence-electron chi connectivity index (χ4n) is 2.29. The lowest BCUT2D eigenvalue weighted by molar-refractivity contribution is 0.226. The maximum atomic E-state index is 9.27. The molecule has 1 saturated heterocycles. The van der Waals surface area contributed by atoms with Gasteiger partial charge in [0.15, 0.2) is 0 Å². The van der Waals surface area contributed by atoms with E-state index in [1.165, 1.54) is 5.56 Å². The first kappa shape index (κ1) is 11.4. The number of hydrogen-bond acceptors (Lipinski definition) is 3. The van der Waals surface area contributed by atoms with Crippen LogP contribution in [0.25, 0.3) is 0 Å². The Morgan fingerprint density at radius 3 is 2.69 bits per heavy atom. The number of hydrogen-bond donors (Lipinski definition) is 2. The number of nitrogens with one attached hydrogen (secondary N) is 1. The molecule has 16 heavy (non-hydrogen) atoms. The molecule has 3 heteroatoms. The number of ether oxygens (including phenoxy) is 1. The predicted octanol–water partition coefficient (Wildman–Crippen LogP) is 1.38. The molecule has 0 bridgehead atoms. The first-order chi connectivity index (χ1) is 7.85. The van der Waals surface area contributed by atoms with Gasteiger partial charge < -0.3 is 15.2 Å². The molecule has 1 aromatic rings. The van der Waals surface area contributed by atoms with Gasteiger partial charge in [-0.25, -0.2) is 0 Å². The van der Waals surface area contributed by atoms with Crippen LogP contribution in [0.3, 0.4) is 0 Å². The first-order valence-corrected chi connectivity index (χ1v) is 5.89. The van der Waals surface area contributed by atoms with Crippen molar-refractivity contribution < 1.29 is 9.84 Å². The minimum Gasteiger partial charge on any atom is -0.494 e. The molecule has 0 saturated carbocycles. The number of aliphatic hydroxyl groups excluding tert-OH is 1. The van der Waals surface area contributed by atoms with E-state index in [2.05, 4.69) is 17.4 Å². The maximum Gasteiger partial charge on any atom is 0.119 e. The summed E-state index contributed by atoms with van der Waals surface area (Å²) >= 11 is 0. The zero-order valence-corrected chi connectivity index (χ0v) is 9.65. The van der Waals surface area contributed by atoms with Gasteiger partial charge in [0.05, 0.1) is 6.61 Å². The van der Waals surface area contributed by atoms with Gasteiger partial charge in [-0.3, -0.25) is 0 Å². The van der Waals surface area contributed by atoms with Gasteiger partial charge in [-0.05, 0) is 24.6 Å². The summed E-state index contributed by atoms with van der Waals surface area (Å²) in [6.45, 7) is 4.80. The monoisotopic (exact) mass is 221 g/mol. The summed E-state index contributed by atoms with van der Waals surface area (Å²) in [5.41, 5.74) is 1.28. The normalized spacial score (nSPS) is 24.6. The lowest BCUT2D eigenvalue weighted by Crippen LogP contribution is -2.14. The molecule has 2 atom stereocenters. The molecule has 2 N–H and O–H groups in total. The highest BCUT2D eigenvalue weighted by Gasteiger charge is 2.27. The molecule has 0 radical (unpaired) electrons. The highest BCUT2D eigenvalue weighted by Crippen LogP contribution is 2.28. The van der Waals surface area contributed by atoms with Gasteiger partial charge in [-0.1, -0.05) is 12.1 Å². The maximum absolute atomic E-state index is 9.27. The third-order valence-corrected chi connectivity index (χ3v) is 3.19. The number of aliphatic hydroxyl groups is 1. The molecular formula is C13H19NO2. The average molecular weight is 221 g/mol. The predicted molar refractivity (Wildman–Crippen MR) is 63.8 cm³/mol. The van der Waals surface area contributed by atoms with Crippen molar-refractivity contribution in [3.8, 4) is 5.75 Å². The lowest BCUT2D eigenvalue weighted by Gasteiger charge is -2.16. The zero-order valence-electron chi connectivity index (χ0n) is 9.65. The van der Waals surface area contributed by atoms with Crippen molar-refractivity contribution in [1.29, 1.82) is 0 Å². The van der Waals surface area contributed by atoms with Gasteiger partial charge in [0, 0.05) is 31.5 Å². The molecule has 0 amide bonds. The lowest BCUT2D eigenvalue weighted by atomic mass is 9.89. The Kier molecular flexibility index (Phi) is 3.80. The van der Waals surface area contributed by atoms with Crippen molar-refractivity contribution >= 4 is 0 Å². The Balaban J connectivity index is 2.08. The summed E-state index contributed by atoms with van der Waals surface area (Å²) in [4.78, 5) is 0. The molecule has 88 valence electrons. The second kappa shape index (κ2) is 5.32. The molecule has 1 fully saturated rings. The van der Waals surface area contributed by atoms with E-state index in [9.17, 15) is 5.11 Å². The van der Waals surface area contributed by atoms with Crippen LogP contribution in [0.4, 0.5) is 0 Å². The van der Waals surface area contributed by atoms with Crippen LogP contribution in [0, 0.1) is 5.92 Å². The van der Waals surface area contributed by atoms with E-state index < -0.39 is 0 Å². The molecule has 1 aliphatic heterocycles. The Hall–Kier alpha value is -1.06. The van der Waals surface area contributed by atoms with Gasteiger partial charge in [-0.15, -0.1) is 0 Å². The molecule has 3 nitrogen and oxygen atoms in total. The van der Waals surface area contributed by atoms with Crippen LogP contribution in [-0.2, 0) is 0 Å². The fourth-order valence-corrected chi connectivity index (χ4v) is 2.29. The van der Waals surface area contributed by atoms with E-state index in [-0.39, 0.29) is 6.61 Å². The van der Waals surface area contributed by atoms with Crippen molar-refractivity contribution in [3.05, 3.63) is 29.8 Å². The van der Waals surface area contributed by atoms with Crippen LogP contribution < -0.4 is 10.1 Å². The van der Waals surface area contributed by atoms with Crippen LogP contribution in [-0.4, -0.2) is 31.4 Å². The number of rotatable bonds is 4. The third kappa shape index (κ3) is 2.36. The highest BCUT2D eigenvalue weighted by molar-refractivity contribution is 5.30. The standard InChI is InChI=1S/C13H19NO2/c1-2-16-12-5-3-10(4-6-12)13-8-14-7-11(13)9-15/h3-6,11,13-15H,2,7-9H2,1H3/t11-,13-/m0/s1. The zero-order chi connectivity index (χ0) is 11.4. The Labute approximate surface area is 96.4 Å². The average Bonchev–Trinajstić information content (AvgIpc) is 2.78. The van der Waals surface area contributed by atoms with Crippen LogP contribution >= 0.6 is 0 Å². The second-order valence-electron chi connectivity index (χ2n) is 4.21. The Morgan fingerprint density at radius 2 is 2.06 bits per heavy atom. The van der Waals surface area contributed by atoms with Gasteiger partial charge in [0.25, 0.3) is 0 Å². The fraction of sp³-hybridized carbons (Fsp3) is 0.538. The van der Waals surface area contributed by atoms with Crippen molar-refractivity contribution in [2.45, 2.75) is 12.8 Å².